The molecule has 4 aromatic carbocycles. The van der Waals surface area contributed by atoms with Gasteiger partial charge in [0, 0.05) is 21.5 Å². The van der Waals surface area contributed by atoms with Crippen LogP contribution in [0.2, 0.25) is 10.0 Å². The van der Waals surface area contributed by atoms with Gasteiger partial charge in [0.25, 0.3) is 5.91 Å². The number of hydrogen-bond acceptors (Lipinski definition) is 6. The average molecular weight is 602 g/mol. The van der Waals surface area contributed by atoms with Crippen molar-refractivity contribution in [2.75, 3.05) is 13.7 Å². The predicted molar refractivity (Wildman–Crippen MR) is 164 cm³/mol. The number of benzene rings is 4. The maximum atomic E-state index is 13.3. The lowest BCUT2D eigenvalue weighted by molar-refractivity contribution is 0.0729. The molecule has 0 spiro atoms. The van der Waals surface area contributed by atoms with Crippen LogP contribution < -0.4 is 19.6 Å². The monoisotopic (exact) mass is 601 g/mol. The lowest BCUT2D eigenvalue weighted by Crippen LogP contribution is -2.18. The minimum absolute atomic E-state index is 0.164. The number of fused-ring (bicyclic) bond motifs is 1. The molecule has 0 aliphatic heterocycles. The number of nitrogens with one attached hydrogen (secondary N) is 2. The second-order valence-corrected chi connectivity index (χ2v) is 9.85. The number of hydrogen-bond donors (Lipinski definition) is 2. The van der Waals surface area contributed by atoms with Gasteiger partial charge in [-0.05, 0) is 72.6 Å². The first-order chi connectivity index (χ1) is 20.4. The van der Waals surface area contributed by atoms with Crippen LogP contribution in [-0.2, 0) is 0 Å². The highest BCUT2D eigenvalue weighted by Gasteiger charge is 2.20. The van der Waals surface area contributed by atoms with E-state index in [9.17, 15) is 9.59 Å². The van der Waals surface area contributed by atoms with Crippen LogP contribution >= 0.6 is 23.2 Å². The van der Waals surface area contributed by atoms with Crippen molar-refractivity contribution in [3.8, 4) is 28.4 Å². The summed E-state index contributed by atoms with van der Waals surface area (Å²) in [7, 11) is 1.45. The summed E-state index contributed by atoms with van der Waals surface area (Å²) < 4.78 is 16.6. The molecule has 212 valence electrons. The van der Waals surface area contributed by atoms with Gasteiger partial charge in [-0.2, -0.15) is 5.10 Å². The molecule has 42 heavy (non-hydrogen) atoms. The van der Waals surface area contributed by atoms with Crippen molar-refractivity contribution >= 4 is 52.2 Å². The van der Waals surface area contributed by atoms with Crippen LogP contribution in [0.4, 0.5) is 0 Å². The zero-order valence-corrected chi connectivity index (χ0v) is 24.1. The van der Waals surface area contributed by atoms with E-state index in [2.05, 4.69) is 15.5 Å². The third-order valence-electron chi connectivity index (χ3n) is 6.29. The lowest BCUT2D eigenvalue weighted by atomic mass is 10.0. The largest absolute Gasteiger partial charge is 0.494 e. The van der Waals surface area contributed by atoms with Gasteiger partial charge >= 0.3 is 5.97 Å². The van der Waals surface area contributed by atoms with Crippen molar-refractivity contribution in [3.63, 3.8) is 0 Å². The molecule has 0 aliphatic carbocycles. The molecule has 0 bridgehead atoms. The Morgan fingerprint density at radius 1 is 0.952 bits per heavy atom. The number of aromatic nitrogens is 1. The Hall–Kier alpha value is -4.79. The molecule has 0 atom stereocenters. The van der Waals surface area contributed by atoms with Gasteiger partial charge in [0.1, 0.15) is 11.4 Å². The Balaban J connectivity index is 1.36. The molecule has 0 saturated carbocycles. The number of H-pyrrole nitrogens is 1. The SMILES string of the molecule is CCOc1ccc2[nH]c(C(=O)NN=Cc3ccc(OC(=O)c4ccc(Cl)cc4Cl)c(OC)c3)c(-c3ccccc3)c2c1. The smallest absolute Gasteiger partial charge is 0.345 e. The van der Waals surface area contributed by atoms with Crippen LogP contribution in [0.5, 0.6) is 17.2 Å². The number of halogens is 2. The fraction of sp³-hybridized carbons (Fsp3) is 0.0938. The summed E-state index contributed by atoms with van der Waals surface area (Å²) in [5.74, 6) is 0.106. The molecular weight excluding hydrogens is 577 g/mol. The minimum Gasteiger partial charge on any atom is -0.494 e. The fourth-order valence-corrected chi connectivity index (χ4v) is 4.87. The number of rotatable bonds is 9. The number of aromatic amines is 1. The normalized spacial score (nSPS) is 11.0. The molecule has 0 aliphatic rings. The first kappa shape index (κ1) is 28.7. The molecule has 1 aromatic heterocycles. The second-order valence-electron chi connectivity index (χ2n) is 9.00. The molecule has 10 heteroatoms. The second kappa shape index (κ2) is 12.8. The molecule has 0 unspecified atom stereocenters. The van der Waals surface area contributed by atoms with E-state index in [-0.39, 0.29) is 22.1 Å². The van der Waals surface area contributed by atoms with Crippen molar-refractivity contribution < 1.29 is 23.8 Å². The molecule has 5 aromatic rings. The number of carbonyl (C=O) groups excluding carboxylic acids is 2. The first-order valence-electron chi connectivity index (χ1n) is 12.9. The molecule has 0 fully saturated rings. The maximum Gasteiger partial charge on any atom is 0.345 e. The summed E-state index contributed by atoms with van der Waals surface area (Å²) in [6.07, 6.45) is 1.46. The van der Waals surface area contributed by atoms with E-state index in [0.717, 1.165) is 22.0 Å². The van der Waals surface area contributed by atoms with E-state index in [1.807, 2.05) is 55.5 Å². The highest BCUT2D eigenvalue weighted by atomic mass is 35.5. The van der Waals surface area contributed by atoms with E-state index in [1.165, 1.54) is 25.5 Å². The zero-order valence-electron chi connectivity index (χ0n) is 22.6. The number of ether oxygens (including phenoxy) is 3. The molecule has 1 heterocycles. The summed E-state index contributed by atoms with van der Waals surface area (Å²) in [4.78, 5) is 29.2. The number of hydrazone groups is 1. The Bertz CT molecular complexity index is 1800. The van der Waals surface area contributed by atoms with Gasteiger partial charge in [0.2, 0.25) is 0 Å². The summed E-state index contributed by atoms with van der Waals surface area (Å²) in [5.41, 5.74) is 6.13. The van der Waals surface area contributed by atoms with Gasteiger partial charge in [0.05, 0.1) is 30.5 Å². The van der Waals surface area contributed by atoms with Crippen LogP contribution in [0, 0.1) is 0 Å². The van der Waals surface area contributed by atoms with Crippen molar-refractivity contribution in [2.45, 2.75) is 6.92 Å². The van der Waals surface area contributed by atoms with Gasteiger partial charge in [-0.3, -0.25) is 4.79 Å². The van der Waals surface area contributed by atoms with Crippen molar-refractivity contribution in [1.29, 1.82) is 0 Å². The molecule has 0 radical (unpaired) electrons. The molecule has 1 amide bonds. The number of methoxy groups -OCH3 is 1. The topological polar surface area (TPSA) is 102 Å². The third kappa shape index (κ3) is 6.25. The van der Waals surface area contributed by atoms with Gasteiger partial charge < -0.3 is 19.2 Å². The van der Waals surface area contributed by atoms with E-state index < -0.39 is 11.9 Å². The van der Waals surface area contributed by atoms with E-state index >= 15 is 0 Å². The minimum atomic E-state index is -0.662. The summed E-state index contributed by atoms with van der Waals surface area (Å²) >= 11 is 12.0. The summed E-state index contributed by atoms with van der Waals surface area (Å²) in [5, 5.41) is 5.57. The number of nitrogens with zero attached hydrogens (tertiary/aromatic N) is 1. The summed E-state index contributed by atoms with van der Waals surface area (Å²) in [6, 6.07) is 24.6. The molecule has 2 N–H and O–H groups in total. The van der Waals surface area contributed by atoms with E-state index in [0.29, 0.717) is 28.6 Å². The van der Waals surface area contributed by atoms with Crippen LogP contribution in [0.15, 0.2) is 90.0 Å². The molecule has 0 saturated heterocycles. The quantitative estimate of drug-likeness (QED) is 0.0786. The molecular formula is C32H25Cl2N3O5. The predicted octanol–water partition coefficient (Wildman–Crippen LogP) is 7.53. The molecule has 5 rings (SSSR count). The Kier molecular flexibility index (Phi) is 8.76. The number of amides is 1. The lowest BCUT2D eigenvalue weighted by Gasteiger charge is -2.10. The highest BCUT2D eigenvalue weighted by molar-refractivity contribution is 6.36. The van der Waals surface area contributed by atoms with Gasteiger partial charge in [0.15, 0.2) is 11.5 Å². The number of esters is 1. The highest BCUT2D eigenvalue weighted by Crippen LogP contribution is 2.35. The van der Waals surface area contributed by atoms with Crippen molar-refractivity contribution in [3.05, 3.63) is 112 Å². The summed E-state index contributed by atoms with van der Waals surface area (Å²) in [6.45, 7) is 2.45. The van der Waals surface area contributed by atoms with E-state index in [4.69, 9.17) is 37.4 Å². The van der Waals surface area contributed by atoms with Gasteiger partial charge in [-0.1, -0.05) is 53.5 Å². The first-order valence-corrected chi connectivity index (χ1v) is 13.7. The maximum absolute atomic E-state index is 13.3. The standard InChI is InChI=1S/C32H25Cl2N3O5/c1-3-41-22-11-13-26-24(17-22)29(20-7-5-4-6-8-20)30(36-26)31(38)37-35-18-19-9-14-27(28(15-19)40-2)42-32(39)23-12-10-21(33)16-25(23)34/h4-18,36H,3H2,1-2H3,(H,37,38). The molecule has 8 nitrogen and oxygen atoms in total. The fourth-order valence-electron chi connectivity index (χ4n) is 4.38. The Morgan fingerprint density at radius 2 is 1.76 bits per heavy atom. The van der Waals surface area contributed by atoms with E-state index in [1.54, 1.807) is 24.3 Å². The zero-order chi connectivity index (χ0) is 29.6. The van der Waals surface area contributed by atoms with Crippen LogP contribution in [0.25, 0.3) is 22.0 Å². The van der Waals surface area contributed by atoms with Crippen LogP contribution in [0.1, 0.15) is 33.3 Å². The average Bonchev–Trinajstić information content (AvgIpc) is 3.37. The van der Waals surface area contributed by atoms with Crippen molar-refractivity contribution in [1.82, 2.24) is 10.4 Å². The van der Waals surface area contributed by atoms with Gasteiger partial charge in [-0.15, -0.1) is 0 Å². The number of carbonyl (C=O) groups is 2. The van der Waals surface area contributed by atoms with Crippen LogP contribution in [-0.4, -0.2) is 36.8 Å². The van der Waals surface area contributed by atoms with Crippen molar-refractivity contribution in [2.24, 2.45) is 5.10 Å². The van der Waals surface area contributed by atoms with Gasteiger partial charge in [-0.25, -0.2) is 10.2 Å². The Labute approximate surface area is 251 Å². The third-order valence-corrected chi connectivity index (χ3v) is 6.84. The Morgan fingerprint density at radius 3 is 2.50 bits per heavy atom. The van der Waals surface area contributed by atoms with Crippen LogP contribution in [0.3, 0.4) is 0 Å².